The van der Waals surface area contributed by atoms with E-state index < -0.39 is 0 Å². The summed E-state index contributed by atoms with van der Waals surface area (Å²) in [6.45, 7) is 3.50. The van der Waals surface area contributed by atoms with Gasteiger partial charge in [-0.15, -0.1) is 0 Å². The fourth-order valence-corrected chi connectivity index (χ4v) is 2.84. The lowest BCUT2D eigenvalue weighted by Crippen LogP contribution is -2.46. The molecule has 0 radical (unpaired) electrons. The van der Waals surface area contributed by atoms with Gasteiger partial charge in [0.15, 0.2) is 0 Å². The molecule has 2 heterocycles. The van der Waals surface area contributed by atoms with Crippen LogP contribution in [0.15, 0.2) is 24.4 Å². The predicted octanol–water partition coefficient (Wildman–Crippen LogP) is 1.31. The Labute approximate surface area is 116 Å². The van der Waals surface area contributed by atoms with Crippen molar-refractivity contribution in [1.29, 1.82) is 0 Å². The maximum atomic E-state index is 5.98. The molecule has 1 fully saturated rings. The Kier molecular flexibility index (Phi) is 5.76. The molecule has 19 heavy (non-hydrogen) atoms. The quantitative estimate of drug-likeness (QED) is 0.841. The lowest BCUT2D eigenvalue weighted by molar-refractivity contribution is 0.0339. The van der Waals surface area contributed by atoms with E-state index in [9.17, 15) is 0 Å². The molecule has 2 rings (SSSR count). The fourth-order valence-electron chi connectivity index (χ4n) is 2.84. The highest BCUT2D eigenvalue weighted by Crippen LogP contribution is 2.21. The summed E-state index contributed by atoms with van der Waals surface area (Å²) >= 11 is 0. The van der Waals surface area contributed by atoms with Gasteiger partial charge in [-0.05, 0) is 37.9 Å². The van der Waals surface area contributed by atoms with Crippen LogP contribution in [0.1, 0.15) is 18.5 Å². The van der Waals surface area contributed by atoms with Crippen molar-refractivity contribution in [2.45, 2.75) is 25.3 Å². The Balaban J connectivity index is 1.84. The van der Waals surface area contributed by atoms with Gasteiger partial charge >= 0.3 is 0 Å². The van der Waals surface area contributed by atoms with Crippen molar-refractivity contribution in [3.8, 4) is 0 Å². The van der Waals surface area contributed by atoms with E-state index in [4.69, 9.17) is 10.5 Å². The lowest BCUT2D eigenvalue weighted by Gasteiger charge is -2.36. The van der Waals surface area contributed by atoms with Crippen LogP contribution in [0.5, 0.6) is 0 Å². The smallest absolute Gasteiger partial charge is 0.0469 e. The molecular formula is C15H25N3O. The first-order valence-electron chi connectivity index (χ1n) is 7.19. The molecule has 1 aliphatic rings. The molecule has 0 amide bonds. The molecule has 2 N–H and O–H groups in total. The van der Waals surface area contributed by atoms with Crippen LogP contribution in [-0.2, 0) is 11.2 Å². The maximum absolute atomic E-state index is 5.98. The molecule has 1 aromatic rings. The summed E-state index contributed by atoms with van der Waals surface area (Å²) in [5.41, 5.74) is 7.13. The summed E-state index contributed by atoms with van der Waals surface area (Å²) in [4.78, 5) is 6.76. The van der Waals surface area contributed by atoms with Crippen molar-refractivity contribution in [2.75, 3.05) is 33.4 Å². The maximum Gasteiger partial charge on any atom is 0.0469 e. The number of pyridine rings is 1. The minimum atomic E-state index is 0.465. The summed E-state index contributed by atoms with van der Waals surface area (Å²) < 4.78 is 5.43. The predicted molar refractivity (Wildman–Crippen MR) is 77.0 cm³/mol. The summed E-state index contributed by atoms with van der Waals surface area (Å²) in [6.07, 6.45) is 5.11. The van der Waals surface area contributed by atoms with E-state index >= 15 is 0 Å². The van der Waals surface area contributed by atoms with Gasteiger partial charge in [0.25, 0.3) is 0 Å². The average molecular weight is 263 g/mol. The largest absolute Gasteiger partial charge is 0.381 e. The molecule has 0 aliphatic carbocycles. The van der Waals surface area contributed by atoms with E-state index in [1.54, 1.807) is 0 Å². The first-order chi connectivity index (χ1) is 9.31. The molecule has 4 nitrogen and oxygen atoms in total. The highest BCUT2D eigenvalue weighted by Gasteiger charge is 2.25. The van der Waals surface area contributed by atoms with Crippen LogP contribution in [0.2, 0.25) is 0 Å². The molecule has 0 bridgehead atoms. The number of nitrogens with zero attached hydrogens (tertiary/aromatic N) is 2. The third-order valence-electron chi connectivity index (χ3n) is 4.06. The van der Waals surface area contributed by atoms with Gasteiger partial charge in [-0.2, -0.15) is 0 Å². The summed E-state index contributed by atoms with van der Waals surface area (Å²) in [6, 6.07) is 6.55. The standard InChI is InChI=1S/C15H25N3O/c1-18(9-5-14-4-2-3-8-17-14)15(12-16)13-6-10-19-11-7-13/h2-4,8,13,15H,5-7,9-12,16H2,1H3. The first-order valence-corrected chi connectivity index (χ1v) is 7.19. The number of hydrogen-bond donors (Lipinski definition) is 1. The Morgan fingerprint density at radius 1 is 1.42 bits per heavy atom. The Hall–Kier alpha value is -0.970. The van der Waals surface area contributed by atoms with Crippen LogP contribution >= 0.6 is 0 Å². The number of likely N-dealkylation sites (N-methyl/N-ethyl adjacent to an activating group) is 1. The molecule has 4 heteroatoms. The molecule has 1 aromatic heterocycles. The summed E-state index contributed by atoms with van der Waals surface area (Å²) in [7, 11) is 2.18. The van der Waals surface area contributed by atoms with Crippen molar-refractivity contribution in [2.24, 2.45) is 11.7 Å². The monoisotopic (exact) mass is 263 g/mol. The number of nitrogens with two attached hydrogens (primary N) is 1. The van der Waals surface area contributed by atoms with Crippen molar-refractivity contribution in [1.82, 2.24) is 9.88 Å². The Bertz CT molecular complexity index is 352. The number of hydrogen-bond acceptors (Lipinski definition) is 4. The van der Waals surface area contributed by atoms with Crippen molar-refractivity contribution in [3.05, 3.63) is 30.1 Å². The minimum absolute atomic E-state index is 0.465. The van der Waals surface area contributed by atoms with E-state index in [0.29, 0.717) is 12.0 Å². The van der Waals surface area contributed by atoms with Gasteiger partial charge in [0.2, 0.25) is 0 Å². The second kappa shape index (κ2) is 7.58. The highest BCUT2D eigenvalue weighted by molar-refractivity contribution is 5.03. The molecule has 1 atom stereocenters. The normalized spacial score (nSPS) is 18.7. The Morgan fingerprint density at radius 3 is 2.84 bits per heavy atom. The van der Waals surface area contributed by atoms with Gasteiger partial charge in [-0.3, -0.25) is 4.98 Å². The van der Waals surface area contributed by atoms with Crippen molar-refractivity contribution < 1.29 is 4.74 Å². The molecule has 1 saturated heterocycles. The number of ether oxygens (including phenoxy) is 1. The first kappa shape index (κ1) is 14.4. The third kappa shape index (κ3) is 4.27. The van der Waals surface area contributed by atoms with Crippen LogP contribution in [-0.4, -0.2) is 49.3 Å². The SMILES string of the molecule is CN(CCc1ccccn1)C(CN)C1CCOCC1. The topological polar surface area (TPSA) is 51.4 Å². The van der Waals surface area contributed by atoms with Crippen LogP contribution in [0, 0.1) is 5.92 Å². The summed E-state index contributed by atoms with van der Waals surface area (Å²) in [5, 5.41) is 0. The van der Waals surface area contributed by atoms with E-state index in [0.717, 1.165) is 51.3 Å². The molecule has 1 unspecified atom stereocenters. The zero-order valence-electron chi connectivity index (χ0n) is 11.8. The third-order valence-corrected chi connectivity index (χ3v) is 4.06. The zero-order chi connectivity index (χ0) is 13.5. The number of rotatable bonds is 6. The minimum Gasteiger partial charge on any atom is -0.381 e. The van der Waals surface area contributed by atoms with Crippen molar-refractivity contribution in [3.63, 3.8) is 0 Å². The number of aromatic nitrogens is 1. The van der Waals surface area contributed by atoms with Gasteiger partial charge in [0, 0.05) is 50.7 Å². The molecule has 0 saturated carbocycles. The highest BCUT2D eigenvalue weighted by atomic mass is 16.5. The van der Waals surface area contributed by atoms with E-state index in [-0.39, 0.29) is 0 Å². The van der Waals surface area contributed by atoms with Gasteiger partial charge in [-0.1, -0.05) is 6.07 Å². The molecule has 0 spiro atoms. The lowest BCUT2D eigenvalue weighted by atomic mass is 9.90. The zero-order valence-corrected chi connectivity index (χ0v) is 11.8. The van der Waals surface area contributed by atoms with Gasteiger partial charge in [0.1, 0.15) is 0 Å². The molecule has 106 valence electrons. The molecule has 1 aliphatic heterocycles. The van der Waals surface area contributed by atoms with Gasteiger partial charge in [0.05, 0.1) is 0 Å². The molecule has 0 aromatic carbocycles. The van der Waals surface area contributed by atoms with Crippen molar-refractivity contribution >= 4 is 0 Å². The van der Waals surface area contributed by atoms with E-state index in [2.05, 4.69) is 23.0 Å². The van der Waals surface area contributed by atoms with Crippen LogP contribution in [0.3, 0.4) is 0 Å². The van der Waals surface area contributed by atoms with Gasteiger partial charge < -0.3 is 15.4 Å². The molecular weight excluding hydrogens is 238 g/mol. The summed E-state index contributed by atoms with van der Waals surface area (Å²) in [5.74, 6) is 0.674. The van der Waals surface area contributed by atoms with E-state index in [1.807, 2.05) is 18.3 Å². The van der Waals surface area contributed by atoms with Crippen LogP contribution in [0.25, 0.3) is 0 Å². The van der Waals surface area contributed by atoms with Crippen LogP contribution in [0.4, 0.5) is 0 Å². The van der Waals surface area contributed by atoms with Crippen LogP contribution < -0.4 is 5.73 Å². The fraction of sp³-hybridized carbons (Fsp3) is 0.667. The average Bonchev–Trinajstić information content (AvgIpc) is 2.48. The van der Waals surface area contributed by atoms with Gasteiger partial charge in [-0.25, -0.2) is 0 Å². The second-order valence-electron chi connectivity index (χ2n) is 5.30. The Morgan fingerprint density at radius 2 is 2.21 bits per heavy atom. The van der Waals surface area contributed by atoms with E-state index in [1.165, 1.54) is 0 Å². The second-order valence-corrected chi connectivity index (χ2v) is 5.30.